The lowest BCUT2D eigenvalue weighted by Gasteiger charge is -2.27. The lowest BCUT2D eigenvalue weighted by molar-refractivity contribution is -0.145. The summed E-state index contributed by atoms with van der Waals surface area (Å²) in [6.07, 6.45) is 6.93. The number of carbonyl (C=O) groups excluding carboxylic acids is 2. The van der Waals surface area contributed by atoms with E-state index in [1.807, 2.05) is 44.0 Å². The minimum atomic E-state index is -0.307. The Kier molecular flexibility index (Phi) is 8.97. The van der Waals surface area contributed by atoms with Gasteiger partial charge in [-0.3, -0.25) is 9.59 Å². The molecule has 0 bridgehead atoms. The van der Waals surface area contributed by atoms with Crippen LogP contribution in [0.3, 0.4) is 0 Å². The molecule has 1 saturated carbocycles. The Morgan fingerprint density at radius 1 is 1.24 bits per heavy atom. The van der Waals surface area contributed by atoms with E-state index in [1.165, 1.54) is 12.8 Å². The maximum Gasteiger partial charge on any atom is 0.325 e. The van der Waals surface area contributed by atoms with Crippen LogP contribution in [0, 0.1) is 5.92 Å². The molecule has 182 valence electrons. The molecule has 1 amide bonds. The van der Waals surface area contributed by atoms with Crippen LogP contribution in [0.5, 0.6) is 5.75 Å². The lowest BCUT2D eigenvalue weighted by Crippen LogP contribution is -2.42. The van der Waals surface area contributed by atoms with Crippen LogP contribution in [0.15, 0.2) is 23.2 Å². The van der Waals surface area contributed by atoms with Crippen LogP contribution in [-0.4, -0.2) is 60.5 Å². The number of nitrogens with two attached hydrogens (primary N) is 1. The van der Waals surface area contributed by atoms with Crippen LogP contribution >= 0.6 is 0 Å². The summed E-state index contributed by atoms with van der Waals surface area (Å²) in [6, 6.07) is 6.16. The van der Waals surface area contributed by atoms with Gasteiger partial charge in [0.1, 0.15) is 12.3 Å². The Labute approximate surface area is 197 Å². The highest BCUT2D eigenvalue weighted by Gasteiger charge is 2.23. The van der Waals surface area contributed by atoms with Gasteiger partial charge >= 0.3 is 5.97 Å². The summed E-state index contributed by atoms with van der Waals surface area (Å²) in [5, 5.41) is 0. The zero-order chi connectivity index (χ0) is 23.8. The lowest BCUT2D eigenvalue weighted by atomic mass is 10.1. The van der Waals surface area contributed by atoms with Crippen molar-refractivity contribution in [2.24, 2.45) is 16.6 Å². The summed E-state index contributed by atoms with van der Waals surface area (Å²) in [5.74, 6) is 1.24. The maximum atomic E-state index is 12.3. The van der Waals surface area contributed by atoms with Gasteiger partial charge in [-0.05, 0) is 43.2 Å². The minimum Gasteiger partial charge on any atom is -0.494 e. The van der Waals surface area contributed by atoms with Crippen LogP contribution in [0.2, 0.25) is 0 Å². The van der Waals surface area contributed by atoms with Crippen molar-refractivity contribution in [3.63, 3.8) is 0 Å². The number of benzene rings is 1. The van der Waals surface area contributed by atoms with Gasteiger partial charge in [0.05, 0.1) is 18.9 Å². The van der Waals surface area contributed by atoms with Crippen molar-refractivity contribution in [3.05, 3.63) is 23.8 Å². The minimum absolute atomic E-state index is 0.0778. The first-order valence-electron chi connectivity index (χ1n) is 12.1. The number of guanidine groups is 1. The number of esters is 1. The highest BCUT2D eigenvalue weighted by molar-refractivity contribution is 5.87. The second-order valence-corrected chi connectivity index (χ2v) is 9.44. The quantitative estimate of drug-likeness (QED) is 0.402. The third-order valence-corrected chi connectivity index (χ3v) is 6.19. The fourth-order valence-corrected chi connectivity index (χ4v) is 4.19. The number of amides is 1. The zero-order valence-corrected chi connectivity index (χ0v) is 20.2. The van der Waals surface area contributed by atoms with Crippen molar-refractivity contribution in [3.8, 4) is 5.75 Å². The molecule has 1 aromatic rings. The molecule has 0 unspecified atom stereocenters. The van der Waals surface area contributed by atoms with Gasteiger partial charge < -0.3 is 25.0 Å². The van der Waals surface area contributed by atoms with Gasteiger partial charge in [0.15, 0.2) is 5.96 Å². The number of nitrogens with zero attached hydrogens (tertiary/aromatic N) is 3. The van der Waals surface area contributed by atoms with E-state index in [0.717, 1.165) is 42.7 Å². The van der Waals surface area contributed by atoms with Gasteiger partial charge in [-0.15, -0.1) is 0 Å². The van der Waals surface area contributed by atoms with Gasteiger partial charge in [-0.1, -0.05) is 32.8 Å². The smallest absolute Gasteiger partial charge is 0.325 e. The van der Waals surface area contributed by atoms with Crippen LogP contribution in [0.4, 0.5) is 5.69 Å². The summed E-state index contributed by atoms with van der Waals surface area (Å²) in [4.78, 5) is 32.5. The second kappa shape index (κ2) is 11.9. The third-order valence-electron chi connectivity index (χ3n) is 6.19. The number of unbranched alkanes of at least 4 members (excludes halogenated alkanes) is 1. The molecule has 1 heterocycles. The molecule has 8 heteroatoms. The molecule has 0 saturated heterocycles. The zero-order valence-electron chi connectivity index (χ0n) is 20.2. The van der Waals surface area contributed by atoms with Gasteiger partial charge in [0, 0.05) is 32.1 Å². The Bertz CT molecular complexity index is 849. The molecule has 1 aromatic carbocycles. The number of hydrogen-bond acceptors (Lipinski definition) is 7. The molecule has 0 spiro atoms. The number of carbonyl (C=O) groups is 2. The summed E-state index contributed by atoms with van der Waals surface area (Å²) in [5.41, 5.74) is 7.81. The van der Waals surface area contributed by atoms with Crippen molar-refractivity contribution in [1.29, 1.82) is 0 Å². The third kappa shape index (κ3) is 7.37. The molecule has 0 radical (unpaired) electrons. The summed E-state index contributed by atoms with van der Waals surface area (Å²) in [6.45, 7) is 5.51. The topological polar surface area (TPSA) is 97.5 Å². The van der Waals surface area contributed by atoms with Crippen molar-refractivity contribution >= 4 is 23.5 Å². The van der Waals surface area contributed by atoms with Gasteiger partial charge in [0.25, 0.3) is 0 Å². The maximum absolute atomic E-state index is 12.3. The molecule has 3 rings (SSSR count). The highest BCUT2D eigenvalue weighted by Crippen LogP contribution is 2.30. The number of ether oxygens (including phenoxy) is 2. The molecule has 1 fully saturated rings. The van der Waals surface area contributed by atoms with Crippen molar-refractivity contribution < 1.29 is 19.1 Å². The van der Waals surface area contributed by atoms with E-state index in [-0.39, 0.29) is 18.4 Å². The number of fused-ring (bicyclic) bond motifs is 1. The first kappa shape index (κ1) is 24.9. The monoisotopic (exact) mass is 458 g/mol. The molecule has 0 aromatic heterocycles. The molecule has 8 nitrogen and oxygen atoms in total. The Hall–Kier alpha value is -2.77. The van der Waals surface area contributed by atoms with Crippen molar-refractivity contribution in [2.45, 2.75) is 71.4 Å². The fourth-order valence-electron chi connectivity index (χ4n) is 4.19. The number of hydrogen-bond donors (Lipinski definition) is 1. The standard InChI is InChI=1S/C25H38N4O4/c1-18(2)17-33-24(31)16-29-15-19-11-12-21(14-22(19)27-25(29)26)32-13-7-6-10-23(30)28(3)20-8-4-5-9-20/h11-12,14,18,20H,4-10,13,15-17H2,1-3H3,(H2,26,27). The fraction of sp³-hybridized carbons (Fsp3) is 0.640. The Balaban J connectivity index is 1.41. The highest BCUT2D eigenvalue weighted by atomic mass is 16.5. The van der Waals surface area contributed by atoms with E-state index in [9.17, 15) is 9.59 Å². The Morgan fingerprint density at radius 3 is 2.73 bits per heavy atom. The average Bonchev–Trinajstić information content (AvgIpc) is 3.32. The van der Waals surface area contributed by atoms with Gasteiger partial charge in [0.2, 0.25) is 5.91 Å². The van der Waals surface area contributed by atoms with Crippen LogP contribution in [0.25, 0.3) is 0 Å². The summed E-state index contributed by atoms with van der Waals surface area (Å²) < 4.78 is 11.1. The predicted octanol–water partition coefficient (Wildman–Crippen LogP) is 3.60. The van der Waals surface area contributed by atoms with Crippen molar-refractivity contribution in [2.75, 3.05) is 26.8 Å². The van der Waals surface area contributed by atoms with Crippen LogP contribution < -0.4 is 10.5 Å². The SMILES string of the molecule is CC(C)COC(=O)CN1Cc2ccc(OCCCCC(=O)N(C)C3CCCC3)cc2N=C1N. The normalized spacial score (nSPS) is 15.9. The van der Waals surface area contributed by atoms with Gasteiger partial charge in [-0.25, -0.2) is 4.99 Å². The van der Waals surface area contributed by atoms with E-state index >= 15 is 0 Å². The van der Waals surface area contributed by atoms with E-state index in [0.29, 0.717) is 44.1 Å². The number of rotatable bonds is 11. The number of aliphatic imine (C=N–C) groups is 1. The van der Waals surface area contributed by atoms with Crippen molar-refractivity contribution in [1.82, 2.24) is 9.80 Å². The first-order chi connectivity index (χ1) is 15.8. The molecule has 1 aliphatic heterocycles. The van der Waals surface area contributed by atoms with Crippen LogP contribution in [-0.2, 0) is 20.9 Å². The summed E-state index contributed by atoms with van der Waals surface area (Å²) in [7, 11) is 1.93. The molecule has 1 aliphatic carbocycles. The second-order valence-electron chi connectivity index (χ2n) is 9.44. The van der Waals surface area contributed by atoms with E-state index < -0.39 is 0 Å². The first-order valence-corrected chi connectivity index (χ1v) is 12.1. The molecular formula is C25H38N4O4. The van der Waals surface area contributed by atoms with E-state index in [1.54, 1.807) is 4.90 Å². The molecule has 2 aliphatic rings. The van der Waals surface area contributed by atoms with E-state index in [4.69, 9.17) is 15.2 Å². The summed E-state index contributed by atoms with van der Waals surface area (Å²) >= 11 is 0. The van der Waals surface area contributed by atoms with Crippen LogP contribution in [0.1, 0.15) is 64.4 Å². The average molecular weight is 459 g/mol. The largest absolute Gasteiger partial charge is 0.494 e. The van der Waals surface area contributed by atoms with E-state index in [2.05, 4.69) is 4.99 Å². The Morgan fingerprint density at radius 2 is 2.00 bits per heavy atom. The van der Waals surface area contributed by atoms with Gasteiger partial charge in [-0.2, -0.15) is 0 Å². The predicted molar refractivity (Wildman–Crippen MR) is 128 cm³/mol. The molecular weight excluding hydrogens is 420 g/mol. The molecule has 33 heavy (non-hydrogen) atoms. The molecule has 0 atom stereocenters. The molecule has 2 N–H and O–H groups in total.